The van der Waals surface area contributed by atoms with Crippen molar-refractivity contribution in [3.05, 3.63) is 29.8 Å². The van der Waals surface area contributed by atoms with Crippen LogP contribution in [0.3, 0.4) is 0 Å². The molecule has 0 saturated carbocycles. The summed E-state index contributed by atoms with van der Waals surface area (Å²) < 4.78 is 11.1. The molecule has 1 unspecified atom stereocenters. The van der Waals surface area contributed by atoms with Gasteiger partial charge in [-0.05, 0) is 43.1 Å². The summed E-state index contributed by atoms with van der Waals surface area (Å²) in [5.74, 6) is 1.66. The molecule has 1 aliphatic rings. The van der Waals surface area contributed by atoms with E-state index in [1.165, 1.54) is 12.0 Å². The number of nitrogens with zero attached hydrogens (tertiary/aromatic N) is 1. The monoisotopic (exact) mass is 292 g/mol. The minimum Gasteiger partial charge on any atom is -0.492 e. The van der Waals surface area contributed by atoms with Crippen molar-refractivity contribution in [1.29, 1.82) is 0 Å². The molecule has 1 fully saturated rings. The average molecular weight is 292 g/mol. The van der Waals surface area contributed by atoms with E-state index in [0.29, 0.717) is 5.92 Å². The van der Waals surface area contributed by atoms with E-state index in [1.807, 2.05) is 6.07 Å². The lowest BCUT2D eigenvalue weighted by Crippen LogP contribution is -2.26. The van der Waals surface area contributed by atoms with Crippen molar-refractivity contribution < 1.29 is 9.47 Å². The molecule has 0 aliphatic carbocycles. The molecular formula is C17H28N2O2. The van der Waals surface area contributed by atoms with Crippen molar-refractivity contribution in [2.24, 2.45) is 5.92 Å². The summed E-state index contributed by atoms with van der Waals surface area (Å²) in [6.07, 6.45) is 1.24. The Labute approximate surface area is 128 Å². The van der Waals surface area contributed by atoms with Crippen LogP contribution < -0.4 is 10.1 Å². The van der Waals surface area contributed by atoms with Crippen LogP contribution in [0.15, 0.2) is 24.3 Å². The molecule has 1 atom stereocenters. The fraction of sp³-hybridized carbons (Fsp3) is 0.647. The summed E-state index contributed by atoms with van der Waals surface area (Å²) in [7, 11) is 1.78. The van der Waals surface area contributed by atoms with Gasteiger partial charge < -0.3 is 14.8 Å². The number of benzene rings is 1. The summed E-state index contributed by atoms with van der Waals surface area (Å²) in [5, 5.41) is 3.33. The van der Waals surface area contributed by atoms with Crippen LogP contribution in [-0.2, 0) is 11.3 Å². The van der Waals surface area contributed by atoms with Crippen LogP contribution in [-0.4, -0.2) is 51.4 Å². The molecule has 1 aromatic carbocycles. The highest BCUT2D eigenvalue weighted by Crippen LogP contribution is 2.17. The van der Waals surface area contributed by atoms with Crippen molar-refractivity contribution >= 4 is 0 Å². The van der Waals surface area contributed by atoms with Gasteiger partial charge in [0, 0.05) is 26.7 Å². The third-order valence-electron chi connectivity index (χ3n) is 3.93. The normalized spacial score (nSPS) is 19.0. The average Bonchev–Trinajstić information content (AvgIpc) is 2.94. The van der Waals surface area contributed by atoms with Gasteiger partial charge >= 0.3 is 0 Å². The number of nitrogens with one attached hydrogen (secondary N) is 1. The maximum absolute atomic E-state index is 5.88. The van der Waals surface area contributed by atoms with E-state index in [9.17, 15) is 0 Å². The first-order valence-corrected chi connectivity index (χ1v) is 7.95. The minimum absolute atomic E-state index is 0.693. The molecule has 1 saturated heterocycles. The van der Waals surface area contributed by atoms with Crippen LogP contribution in [0.4, 0.5) is 0 Å². The van der Waals surface area contributed by atoms with Crippen LogP contribution in [0.2, 0.25) is 0 Å². The zero-order valence-electron chi connectivity index (χ0n) is 13.3. The second-order valence-electron chi connectivity index (χ2n) is 5.69. The molecule has 118 valence electrons. The summed E-state index contributed by atoms with van der Waals surface area (Å²) in [6, 6.07) is 8.35. The summed E-state index contributed by atoms with van der Waals surface area (Å²) in [5.41, 5.74) is 1.27. The molecule has 0 spiro atoms. The number of likely N-dealkylation sites (tertiary alicyclic amines) is 1. The molecule has 0 bridgehead atoms. The Bertz CT molecular complexity index is 412. The maximum atomic E-state index is 5.88. The molecule has 21 heavy (non-hydrogen) atoms. The molecule has 4 nitrogen and oxygen atoms in total. The highest BCUT2D eigenvalue weighted by Gasteiger charge is 2.21. The Kier molecular flexibility index (Phi) is 7.00. The van der Waals surface area contributed by atoms with E-state index < -0.39 is 0 Å². The van der Waals surface area contributed by atoms with Crippen molar-refractivity contribution in [2.45, 2.75) is 19.9 Å². The quantitative estimate of drug-likeness (QED) is 0.756. The first-order valence-electron chi connectivity index (χ1n) is 7.95. The summed E-state index contributed by atoms with van der Waals surface area (Å²) in [6.45, 7) is 8.94. The Morgan fingerprint density at radius 1 is 1.38 bits per heavy atom. The van der Waals surface area contributed by atoms with Gasteiger partial charge in [0.05, 0.1) is 6.61 Å². The zero-order chi connectivity index (χ0) is 14.9. The van der Waals surface area contributed by atoms with Crippen molar-refractivity contribution in [2.75, 3.05) is 46.5 Å². The fourth-order valence-corrected chi connectivity index (χ4v) is 2.79. The highest BCUT2D eigenvalue weighted by molar-refractivity contribution is 5.28. The lowest BCUT2D eigenvalue weighted by Gasteiger charge is -2.16. The van der Waals surface area contributed by atoms with E-state index in [-0.39, 0.29) is 0 Å². The SMILES string of the molecule is CCNCc1cccc(OCCN2CCC(COC)C2)c1. The zero-order valence-corrected chi connectivity index (χ0v) is 13.3. The lowest BCUT2D eigenvalue weighted by atomic mass is 10.1. The van der Waals surface area contributed by atoms with Crippen LogP contribution in [0.25, 0.3) is 0 Å². The molecule has 0 radical (unpaired) electrons. The third kappa shape index (κ3) is 5.65. The molecule has 0 aromatic heterocycles. The van der Waals surface area contributed by atoms with Crippen molar-refractivity contribution in [1.82, 2.24) is 10.2 Å². The van der Waals surface area contributed by atoms with Crippen molar-refractivity contribution in [3.8, 4) is 5.75 Å². The van der Waals surface area contributed by atoms with Gasteiger partial charge in [0.25, 0.3) is 0 Å². The van der Waals surface area contributed by atoms with Gasteiger partial charge in [-0.15, -0.1) is 0 Å². The second kappa shape index (κ2) is 9.03. The first-order chi connectivity index (χ1) is 10.3. The van der Waals surface area contributed by atoms with Gasteiger partial charge in [-0.2, -0.15) is 0 Å². The van der Waals surface area contributed by atoms with Gasteiger partial charge in [0.1, 0.15) is 12.4 Å². The van der Waals surface area contributed by atoms with E-state index in [2.05, 4.69) is 35.3 Å². The molecule has 0 amide bonds. The predicted molar refractivity (Wildman–Crippen MR) is 85.7 cm³/mol. The van der Waals surface area contributed by atoms with E-state index in [4.69, 9.17) is 9.47 Å². The molecule has 4 heteroatoms. The molecule has 1 aliphatic heterocycles. The fourth-order valence-electron chi connectivity index (χ4n) is 2.79. The van der Waals surface area contributed by atoms with Gasteiger partial charge in [-0.25, -0.2) is 0 Å². The minimum atomic E-state index is 0.693. The largest absolute Gasteiger partial charge is 0.492 e. The molecule has 1 N–H and O–H groups in total. The van der Waals surface area contributed by atoms with Crippen molar-refractivity contribution in [3.63, 3.8) is 0 Å². The van der Waals surface area contributed by atoms with Crippen LogP contribution in [0.1, 0.15) is 18.9 Å². The Morgan fingerprint density at radius 2 is 2.29 bits per heavy atom. The molecule has 1 heterocycles. The van der Waals surface area contributed by atoms with E-state index >= 15 is 0 Å². The number of hydrogen-bond donors (Lipinski definition) is 1. The second-order valence-corrected chi connectivity index (χ2v) is 5.69. The number of hydrogen-bond acceptors (Lipinski definition) is 4. The van der Waals surface area contributed by atoms with Gasteiger partial charge in [-0.1, -0.05) is 19.1 Å². The first kappa shape index (κ1) is 16.3. The Hall–Kier alpha value is -1.10. The highest BCUT2D eigenvalue weighted by atomic mass is 16.5. The number of rotatable bonds is 9. The van der Waals surface area contributed by atoms with Gasteiger partial charge in [-0.3, -0.25) is 4.90 Å². The Balaban J connectivity index is 1.69. The molecule has 2 rings (SSSR count). The standard InChI is InChI=1S/C17H28N2O2/c1-3-18-12-15-5-4-6-17(11-15)21-10-9-19-8-7-16(13-19)14-20-2/h4-6,11,16,18H,3,7-10,12-14H2,1-2H3. The van der Waals surface area contributed by atoms with E-state index in [1.54, 1.807) is 7.11 Å². The molecular weight excluding hydrogens is 264 g/mol. The smallest absolute Gasteiger partial charge is 0.119 e. The van der Waals surface area contributed by atoms with Crippen LogP contribution in [0, 0.1) is 5.92 Å². The van der Waals surface area contributed by atoms with Gasteiger partial charge in [0.15, 0.2) is 0 Å². The Morgan fingerprint density at radius 3 is 3.10 bits per heavy atom. The van der Waals surface area contributed by atoms with E-state index in [0.717, 1.165) is 51.7 Å². The number of ether oxygens (including phenoxy) is 2. The number of methoxy groups -OCH3 is 1. The van der Waals surface area contributed by atoms with Crippen LogP contribution in [0.5, 0.6) is 5.75 Å². The summed E-state index contributed by atoms with van der Waals surface area (Å²) in [4.78, 5) is 2.46. The molecule has 1 aromatic rings. The predicted octanol–water partition coefficient (Wildman–Crippen LogP) is 2.14. The topological polar surface area (TPSA) is 33.7 Å². The van der Waals surface area contributed by atoms with Gasteiger partial charge in [0.2, 0.25) is 0 Å². The lowest BCUT2D eigenvalue weighted by molar-refractivity contribution is 0.150. The third-order valence-corrected chi connectivity index (χ3v) is 3.93. The summed E-state index contributed by atoms with van der Waals surface area (Å²) >= 11 is 0. The van der Waals surface area contributed by atoms with Crippen LogP contribution >= 0.6 is 0 Å². The maximum Gasteiger partial charge on any atom is 0.119 e.